The lowest BCUT2D eigenvalue weighted by Crippen LogP contribution is -2.45. The number of allylic oxidation sites excluding steroid dienone is 2. The number of rotatable bonds is 6. The Bertz CT molecular complexity index is 2830. The summed E-state index contributed by atoms with van der Waals surface area (Å²) in [6.45, 7) is 0. The van der Waals surface area contributed by atoms with Gasteiger partial charge in [0.05, 0.1) is 0 Å². The molecule has 0 saturated heterocycles. The van der Waals surface area contributed by atoms with Crippen molar-refractivity contribution in [2.75, 3.05) is 4.90 Å². The average Bonchev–Trinajstić information content (AvgIpc) is 3.59. The maximum atomic E-state index is 2.65. The van der Waals surface area contributed by atoms with Gasteiger partial charge in [0.15, 0.2) is 0 Å². The van der Waals surface area contributed by atoms with Crippen LogP contribution in [0.5, 0.6) is 0 Å². The molecule has 0 N–H and O–H groups in total. The predicted octanol–water partition coefficient (Wildman–Crippen LogP) is 14.1. The molecular formula is C50H35NS. The molecule has 8 aromatic carbocycles. The van der Waals surface area contributed by atoms with E-state index in [9.17, 15) is 0 Å². The number of hydrogen-bond donors (Lipinski definition) is 0. The highest BCUT2D eigenvalue weighted by Crippen LogP contribution is 2.55. The van der Waals surface area contributed by atoms with E-state index < -0.39 is 5.54 Å². The highest BCUT2D eigenvalue weighted by Gasteiger charge is 2.45. The largest absolute Gasteiger partial charge is 0.327 e. The predicted molar refractivity (Wildman–Crippen MR) is 225 cm³/mol. The molecule has 0 fully saturated rings. The molecular weight excluding hydrogens is 647 g/mol. The molecule has 1 unspecified atom stereocenters. The van der Waals surface area contributed by atoms with E-state index in [1.54, 1.807) is 0 Å². The summed E-state index contributed by atoms with van der Waals surface area (Å²) in [7, 11) is 0. The zero-order chi connectivity index (χ0) is 34.5. The molecule has 1 aliphatic rings. The summed E-state index contributed by atoms with van der Waals surface area (Å²) < 4.78 is 2.60. The Hall–Kier alpha value is -6.22. The number of benzene rings is 8. The molecule has 10 rings (SSSR count). The molecule has 0 aliphatic heterocycles. The Labute approximate surface area is 308 Å². The Kier molecular flexibility index (Phi) is 7.37. The lowest BCUT2D eigenvalue weighted by molar-refractivity contribution is 0.568. The number of nitrogens with zero attached hydrogens (tertiary/aromatic N) is 1. The van der Waals surface area contributed by atoms with Crippen LogP contribution in [0.3, 0.4) is 0 Å². The van der Waals surface area contributed by atoms with Gasteiger partial charge in [-0.25, -0.2) is 0 Å². The molecule has 0 saturated carbocycles. The first-order chi connectivity index (χ1) is 25.8. The fraction of sp³-hybridized carbons (Fsp3) is 0.0400. The summed E-state index contributed by atoms with van der Waals surface area (Å²) in [5, 5.41) is 7.65. The molecule has 0 spiro atoms. The summed E-state index contributed by atoms with van der Waals surface area (Å²) in [5.74, 6) is 0. The molecule has 1 aliphatic carbocycles. The van der Waals surface area contributed by atoms with E-state index in [1.165, 1.54) is 75.2 Å². The molecule has 1 aromatic heterocycles. The van der Waals surface area contributed by atoms with Gasteiger partial charge in [-0.05, 0) is 86.1 Å². The first-order valence-corrected chi connectivity index (χ1v) is 18.8. The zero-order valence-corrected chi connectivity index (χ0v) is 29.4. The monoisotopic (exact) mass is 681 g/mol. The number of hydrogen-bond acceptors (Lipinski definition) is 2. The molecule has 246 valence electrons. The highest BCUT2D eigenvalue weighted by atomic mass is 32.1. The van der Waals surface area contributed by atoms with Crippen LogP contribution >= 0.6 is 11.3 Å². The maximum absolute atomic E-state index is 2.65. The summed E-state index contributed by atoms with van der Waals surface area (Å²) in [6, 6.07) is 67.1. The van der Waals surface area contributed by atoms with Crippen LogP contribution in [0.2, 0.25) is 0 Å². The van der Waals surface area contributed by atoms with Crippen LogP contribution in [0.4, 0.5) is 11.4 Å². The van der Waals surface area contributed by atoms with Gasteiger partial charge in [0.2, 0.25) is 0 Å². The minimum atomic E-state index is -0.600. The fourth-order valence-electron chi connectivity index (χ4n) is 8.49. The van der Waals surface area contributed by atoms with Crippen LogP contribution < -0.4 is 4.90 Å². The van der Waals surface area contributed by atoms with Crippen molar-refractivity contribution in [3.05, 3.63) is 211 Å². The van der Waals surface area contributed by atoms with E-state index in [1.807, 2.05) is 11.3 Å². The van der Waals surface area contributed by atoms with E-state index in [0.717, 1.165) is 12.1 Å². The lowest BCUT2D eigenvalue weighted by Gasteiger charge is -2.49. The third-order valence-corrected chi connectivity index (χ3v) is 11.9. The third-order valence-electron chi connectivity index (χ3n) is 10.8. The zero-order valence-electron chi connectivity index (χ0n) is 28.6. The van der Waals surface area contributed by atoms with Gasteiger partial charge in [-0.1, -0.05) is 170 Å². The minimum absolute atomic E-state index is 0.600. The van der Waals surface area contributed by atoms with Gasteiger partial charge in [-0.15, -0.1) is 11.3 Å². The van der Waals surface area contributed by atoms with Crippen LogP contribution in [0.25, 0.3) is 58.4 Å². The first-order valence-electron chi connectivity index (χ1n) is 18.0. The number of anilines is 2. The molecule has 9 aromatic rings. The van der Waals surface area contributed by atoms with E-state index >= 15 is 0 Å². The van der Waals surface area contributed by atoms with Crippen molar-refractivity contribution in [2.45, 2.75) is 12.0 Å². The number of thiophene rings is 1. The SMILES string of the molecule is C1=CCC(c2ccccc2-c2ccccc2)(N(c2ccc3c(ccc4ccccc43)c2)c2ccc3c(c2)sc2ccccc23)C(c2ccccc2)=C1. The van der Waals surface area contributed by atoms with Crippen molar-refractivity contribution in [2.24, 2.45) is 0 Å². The van der Waals surface area contributed by atoms with Crippen LogP contribution in [-0.4, -0.2) is 0 Å². The summed E-state index contributed by atoms with van der Waals surface area (Å²) in [4.78, 5) is 2.65. The van der Waals surface area contributed by atoms with Crippen LogP contribution in [0, 0.1) is 0 Å². The maximum Gasteiger partial charge on any atom is 0.100 e. The van der Waals surface area contributed by atoms with Crippen molar-refractivity contribution < 1.29 is 0 Å². The van der Waals surface area contributed by atoms with Crippen molar-refractivity contribution in [1.29, 1.82) is 0 Å². The van der Waals surface area contributed by atoms with Crippen molar-refractivity contribution >= 4 is 70.0 Å². The van der Waals surface area contributed by atoms with Gasteiger partial charge in [0.1, 0.15) is 5.54 Å². The molecule has 0 amide bonds. The molecule has 52 heavy (non-hydrogen) atoms. The summed E-state index contributed by atoms with van der Waals surface area (Å²) >= 11 is 1.88. The van der Waals surface area contributed by atoms with Gasteiger partial charge in [0.25, 0.3) is 0 Å². The summed E-state index contributed by atoms with van der Waals surface area (Å²) in [5.41, 5.74) is 7.93. The number of fused-ring (bicyclic) bond motifs is 6. The standard InChI is InChI=1S/C50H35NS/c1-3-15-35(16-4-1)43-21-9-11-24-47(43)50(32-14-13-23-46(50)37-18-5-2-6-19-37)51(40-29-31-45-44-22-10-12-25-48(44)52-49(45)34-40)39-28-30-42-38(33-39)27-26-36-17-7-8-20-41(36)42/h1-31,33-34H,32H2. The Morgan fingerprint density at radius 1 is 0.462 bits per heavy atom. The molecule has 2 heteroatoms. The second-order valence-electron chi connectivity index (χ2n) is 13.7. The minimum Gasteiger partial charge on any atom is -0.327 e. The van der Waals surface area contributed by atoms with Crippen LogP contribution in [0.1, 0.15) is 17.5 Å². The second-order valence-corrected chi connectivity index (χ2v) is 14.7. The van der Waals surface area contributed by atoms with Crippen molar-refractivity contribution in [3.8, 4) is 11.1 Å². The van der Waals surface area contributed by atoms with Crippen LogP contribution in [0.15, 0.2) is 200 Å². The highest BCUT2D eigenvalue weighted by molar-refractivity contribution is 7.25. The molecule has 1 nitrogen and oxygen atoms in total. The Morgan fingerprint density at radius 3 is 1.92 bits per heavy atom. The van der Waals surface area contributed by atoms with Gasteiger partial charge in [0, 0.05) is 31.5 Å². The van der Waals surface area contributed by atoms with Crippen molar-refractivity contribution in [3.63, 3.8) is 0 Å². The smallest absolute Gasteiger partial charge is 0.100 e. The quantitative estimate of drug-likeness (QED) is 0.158. The van der Waals surface area contributed by atoms with E-state index in [0.29, 0.717) is 0 Å². The molecule has 1 heterocycles. The van der Waals surface area contributed by atoms with E-state index in [-0.39, 0.29) is 0 Å². The normalized spacial score (nSPS) is 15.7. The molecule has 1 atom stereocenters. The average molecular weight is 682 g/mol. The van der Waals surface area contributed by atoms with E-state index in [2.05, 4.69) is 205 Å². The Morgan fingerprint density at radius 2 is 1.08 bits per heavy atom. The summed E-state index contributed by atoms with van der Waals surface area (Å²) in [6.07, 6.45) is 7.73. The van der Waals surface area contributed by atoms with Gasteiger partial charge in [-0.2, -0.15) is 0 Å². The second kappa shape index (κ2) is 12.5. The topological polar surface area (TPSA) is 3.24 Å². The Balaban J connectivity index is 1.32. The molecule has 0 bridgehead atoms. The molecule has 0 radical (unpaired) electrons. The van der Waals surface area contributed by atoms with Crippen LogP contribution in [-0.2, 0) is 5.54 Å². The van der Waals surface area contributed by atoms with Crippen molar-refractivity contribution in [1.82, 2.24) is 0 Å². The lowest BCUT2D eigenvalue weighted by atomic mass is 9.70. The van der Waals surface area contributed by atoms with E-state index in [4.69, 9.17) is 0 Å². The third kappa shape index (κ3) is 4.91. The van der Waals surface area contributed by atoms with Gasteiger partial charge in [-0.3, -0.25) is 0 Å². The van der Waals surface area contributed by atoms with Gasteiger partial charge >= 0.3 is 0 Å². The first kappa shape index (κ1) is 30.6. The fourth-order valence-corrected chi connectivity index (χ4v) is 9.63. The van der Waals surface area contributed by atoms with Gasteiger partial charge < -0.3 is 4.90 Å².